The summed E-state index contributed by atoms with van der Waals surface area (Å²) in [6, 6.07) is 15.0. The highest BCUT2D eigenvalue weighted by Crippen LogP contribution is 2.20. The minimum atomic E-state index is -0.210. The number of nitrogens with zero attached hydrogens (tertiary/aromatic N) is 1. The summed E-state index contributed by atoms with van der Waals surface area (Å²) in [7, 11) is 1.98. The highest BCUT2D eigenvalue weighted by molar-refractivity contribution is 5.72. The van der Waals surface area contributed by atoms with E-state index in [1.807, 2.05) is 32.2 Å². The van der Waals surface area contributed by atoms with Crippen LogP contribution in [0.15, 0.2) is 91.2 Å². The SMILES string of the molecule is C=C(/C=C\C(=C/C)CC(=C)N(C)Cc1cccc(F)c1)c1cccc(C)c1. The molecule has 2 rings (SSSR count). The van der Waals surface area contributed by atoms with Crippen molar-refractivity contribution in [3.8, 4) is 0 Å². The first-order valence-electron chi connectivity index (χ1n) is 9.11. The number of aryl methyl sites for hydroxylation is 1. The fourth-order valence-electron chi connectivity index (χ4n) is 2.80. The van der Waals surface area contributed by atoms with Crippen molar-refractivity contribution in [1.29, 1.82) is 0 Å². The quantitative estimate of drug-likeness (QED) is 0.474. The molecule has 27 heavy (non-hydrogen) atoms. The predicted molar refractivity (Wildman–Crippen MR) is 115 cm³/mol. The van der Waals surface area contributed by atoms with E-state index in [1.54, 1.807) is 12.1 Å². The summed E-state index contributed by atoms with van der Waals surface area (Å²) in [6.07, 6.45) is 6.96. The summed E-state index contributed by atoms with van der Waals surface area (Å²) < 4.78 is 13.4. The second-order valence-electron chi connectivity index (χ2n) is 6.82. The van der Waals surface area contributed by atoms with Gasteiger partial charge in [0.1, 0.15) is 5.82 Å². The third kappa shape index (κ3) is 6.41. The molecule has 0 aliphatic rings. The van der Waals surface area contributed by atoms with E-state index in [0.717, 1.165) is 28.8 Å². The Morgan fingerprint density at radius 2 is 1.81 bits per heavy atom. The van der Waals surface area contributed by atoms with E-state index in [-0.39, 0.29) is 5.82 Å². The monoisotopic (exact) mass is 361 g/mol. The van der Waals surface area contributed by atoms with Gasteiger partial charge in [0.2, 0.25) is 0 Å². The molecule has 0 heterocycles. The summed E-state index contributed by atoms with van der Waals surface area (Å²) >= 11 is 0. The van der Waals surface area contributed by atoms with Crippen molar-refractivity contribution in [3.05, 3.63) is 114 Å². The average molecular weight is 362 g/mol. The van der Waals surface area contributed by atoms with Crippen LogP contribution >= 0.6 is 0 Å². The van der Waals surface area contributed by atoms with Crippen LogP contribution in [0, 0.1) is 12.7 Å². The maximum Gasteiger partial charge on any atom is 0.123 e. The van der Waals surface area contributed by atoms with E-state index in [1.165, 1.54) is 17.2 Å². The van der Waals surface area contributed by atoms with Crippen LogP contribution in [-0.2, 0) is 6.54 Å². The molecule has 0 spiro atoms. The highest BCUT2D eigenvalue weighted by Gasteiger charge is 2.06. The zero-order chi connectivity index (χ0) is 19.8. The summed E-state index contributed by atoms with van der Waals surface area (Å²) in [5.41, 5.74) is 6.42. The Morgan fingerprint density at radius 3 is 2.48 bits per heavy atom. The first kappa shape index (κ1) is 20.4. The number of hydrogen-bond acceptors (Lipinski definition) is 1. The molecule has 0 fully saturated rings. The van der Waals surface area contributed by atoms with Gasteiger partial charge in [-0.25, -0.2) is 4.39 Å². The predicted octanol–water partition coefficient (Wildman–Crippen LogP) is 6.69. The number of benzene rings is 2. The molecular weight excluding hydrogens is 333 g/mol. The minimum Gasteiger partial charge on any atom is -0.374 e. The Labute approximate surface area is 162 Å². The summed E-state index contributed by atoms with van der Waals surface area (Å²) in [6.45, 7) is 13.1. The smallest absolute Gasteiger partial charge is 0.123 e. The van der Waals surface area contributed by atoms with Gasteiger partial charge < -0.3 is 4.90 Å². The molecule has 0 aromatic heterocycles. The molecule has 1 nitrogen and oxygen atoms in total. The van der Waals surface area contributed by atoms with Gasteiger partial charge in [0, 0.05) is 25.7 Å². The Bertz CT molecular complexity index is 873. The molecule has 2 aromatic carbocycles. The van der Waals surface area contributed by atoms with Crippen LogP contribution in [0.4, 0.5) is 4.39 Å². The van der Waals surface area contributed by atoms with Crippen LogP contribution < -0.4 is 0 Å². The molecule has 0 bridgehead atoms. The lowest BCUT2D eigenvalue weighted by Crippen LogP contribution is -2.16. The Kier molecular flexibility index (Phi) is 7.36. The fraction of sp³-hybridized carbons (Fsp3) is 0.200. The molecule has 2 heteroatoms. The van der Waals surface area contributed by atoms with Crippen molar-refractivity contribution >= 4 is 5.57 Å². The number of hydrogen-bond donors (Lipinski definition) is 0. The third-order valence-corrected chi connectivity index (χ3v) is 4.52. The van der Waals surface area contributed by atoms with E-state index in [9.17, 15) is 4.39 Å². The fourth-order valence-corrected chi connectivity index (χ4v) is 2.80. The van der Waals surface area contributed by atoms with Gasteiger partial charge in [0.05, 0.1) is 0 Å². The molecular formula is C25H28FN. The second-order valence-corrected chi connectivity index (χ2v) is 6.82. The maximum absolute atomic E-state index is 13.4. The lowest BCUT2D eigenvalue weighted by atomic mass is 10.0. The summed E-state index contributed by atoms with van der Waals surface area (Å²) in [4.78, 5) is 2.06. The average Bonchev–Trinajstić information content (AvgIpc) is 2.64. The van der Waals surface area contributed by atoms with E-state index in [0.29, 0.717) is 6.54 Å². The topological polar surface area (TPSA) is 3.24 Å². The summed E-state index contributed by atoms with van der Waals surface area (Å²) in [5, 5.41) is 0. The van der Waals surface area contributed by atoms with Crippen LogP contribution in [-0.4, -0.2) is 11.9 Å². The molecule has 0 saturated heterocycles. The van der Waals surface area contributed by atoms with Crippen LogP contribution in [0.5, 0.6) is 0 Å². The van der Waals surface area contributed by atoms with Gasteiger partial charge in [-0.1, -0.05) is 73.3 Å². The molecule has 0 saturated carbocycles. The van der Waals surface area contributed by atoms with Gasteiger partial charge in [-0.05, 0) is 48.3 Å². The molecule has 0 radical (unpaired) electrons. The Morgan fingerprint density at radius 1 is 1.07 bits per heavy atom. The van der Waals surface area contributed by atoms with E-state index < -0.39 is 0 Å². The molecule has 2 aromatic rings. The van der Waals surface area contributed by atoms with Crippen molar-refractivity contribution in [2.24, 2.45) is 0 Å². The van der Waals surface area contributed by atoms with Crippen LogP contribution in [0.25, 0.3) is 5.57 Å². The number of allylic oxidation sites excluding steroid dienone is 5. The van der Waals surface area contributed by atoms with Gasteiger partial charge in [0.25, 0.3) is 0 Å². The lowest BCUT2D eigenvalue weighted by molar-refractivity contribution is 0.403. The third-order valence-electron chi connectivity index (χ3n) is 4.52. The van der Waals surface area contributed by atoms with E-state index in [2.05, 4.69) is 55.3 Å². The number of rotatable bonds is 8. The van der Waals surface area contributed by atoms with Crippen molar-refractivity contribution in [1.82, 2.24) is 4.90 Å². The van der Waals surface area contributed by atoms with Gasteiger partial charge in [-0.2, -0.15) is 0 Å². The van der Waals surface area contributed by atoms with Crippen molar-refractivity contribution < 1.29 is 4.39 Å². The lowest BCUT2D eigenvalue weighted by Gasteiger charge is -2.22. The van der Waals surface area contributed by atoms with Crippen molar-refractivity contribution in [2.75, 3.05) is 7.05 Å². The van der Waals surface area contributed by atoms with E-state index in [4.69, 9.17) is 0 Å². The first-order valence-corrected chi connectivity index (χ1v) is 9.11. The molecule has 0 aliphatic heterocycles. The molecule has 0 aliphatic carbocycles. The Hall–Kier alpha value is -2.87. The standard InChI is InChI=1S/C25H28FN/c1-6-22(14-13-20(3)24-11-7-9-19(2)15-24)16-21(4)27(5)18-23-10-8-12-25(26)17-23/h6-15,17H,3-4,16,18H2,1-2,5H3/b14-13-,22-6+. The minimum absolute atomic E-state index is 0.210. The first-order chi connectivity index (χ1) is 12.9. The van der Waals surface area contributed by atoms with Gasteiger partial charge >= 0.3 is 0 Å². The zero-order valence-corrected chi connectivity index (χ0v) is 16.5. The van der Waals surface area contributed by atoms with E-state index >= 15 is 0 Å². The molecule has 0 unspecified atom stereocenters. The maximum atomic E-state index is 13.4. The van der Waals surface area contributed by atoms with Gasteiger partial charge in [-0.3, -0.25) is 0 Å². The van der Waals surface area contributed by atoms with Gasteiger partial charge in [0.15, 0.2) is 0 Å². The summed E-state index contributed by atoms with van der Waals surface area (Å²) in [5.74, 6) is -0.210. The van der Waals surface area contributed by atoms with Crippen LogP contribution in [0.2, 0.25) is 0 Å². The van der Waals surface area contributed by atoms with Crippen molar-refractivity contribution in [3.63, 3.8) is 0 Å². The largest absolute Gasteiger partial charge is 0.374 e. The molecule has 0 amide bonds. The number of halogens is 1. The van der Waals surface area contributed by atoms with Crippen LogP contribution in [0.3, 0.4) is 0 Å². The van der Waals surface area contributed by atoms with Crippen LogP contribution in [0.1, 0.15) is 30.0 Å². The molecule has 0 atom stereocenters. The van der Waals surface area contributed by atoms with Crippen molar-refractivity contribution in [2.45, 2.75) is 26.8 Å². The normalized spacial score (nSPS) is 11.6. The molecule has 140 valence electrons. The Balaban J connectivity index is 1.97. The highest BCUT2D eigenvalue weighted by atomic mass is 19.1. The molecule has 0 N–H and O–H groups in total. The van der Waals surface area contributed by atoms with Gasteiger partial charge in [-0.15, -0.1) is 0 Å². The zero-order valence-electron chi connectivity index (χ0n) is 16.5. The second kappa shape index (κ2) is 9.72.